The van der Waals surface area contributed by atoms with Crippen LogP contribution in [0, 0.1) is 5.82 Å². The number of hydrogen-bond donors (Lipinski definition) is 0. The number of allylic oxidation sites excluding steroid dienone is 1. The van der Waals surface area contributed by atoms with Gasteiger partial charge in [0.25, 0.3) is 5.91 Å². The maximum absolute atomic E-state index is 13.6. The van der Waals surface area contributed by atoms with Crippen molar-refractivity contribution in [2.75, 3.05) is 39.6 Å². The summed E-state index contributed by atoms with van der Waals surface area (Å²) in [4.78, 5) is 45.8. The smallest absolute Gasteiger partial charge is 0.336 e. The molecule has 0 bridgehead atoms. The summed E-state index contributed by atoms with van der Waals surface area (Å²) in [7, 11) is 0. The van der Waals surface area contributed by atoms with Crippen molar-refractivity contribution in [1.29, 1.82) is 0 Å². The molecule has 234 valence electrons. The minimum Gasteiger partial charge on any atom is -0.463 e. The molecule has 3 aromatic carbocycles. The van der Waals surface area contributed by atoms with E-state index in [1.807, 2.05) is 41.3 Å². The van der Waals surface area contributed by atoms with E-state index in [1.165, 1.54) is 12.1 Å². The molecule has 45 heavy (non-hydrogen) atoms. The molecule has 2 amide bonds. The topological polar surface area (TPSA) is 88.6 Å². The second kappa shape index (κ2) is 13.1. The van der Waals surface area contributed by atoms with Gasteiger partial charge >= 0.3 is 5.97 Å². The molecular weight excluding hydrogens is 577 g/mol. The molecule has 0 spiro atoms. The Labute approximate surface area is 261 Å². The predicted molar refractivity (Wildman–Crippen MR) is 164 cm³/mol. The fourth-order valence-electron chi connectivity index (χ4n) is 6.23. The third-order valence-electron chi connectivity index (χ3n) is 8.61. The van der Waals surface area contributed by atoms with Gasteiger partial charge in [-0.25, -0.2) is 9.18 Å². The zero-order valence-corrected chi connectivity index (χ0v) is 25.5. The Balaban J connectivity index is 1.13. The number of hydrogen-bond acceptors (Lipinski definition) is 7. The summed E-state index contributed by atoms with van der Waals surface area (Å²) in [5.74, 6) is -0.110. The fraction of sp³-hybridized carbons (Fsp3) is 0.343. The van der Waals surface area contributed by atoms with Crippen molar-refractivity contribution in [3.63, 3.8) is 0 Å². The van der Waals surface area contributed by atoms with E-state index in [9.17, 15) is 18.8 Å². The van der Waals surface area contributed by atoms with E-state index in [0.29, 0.717) is 35.5 Å². The predicted octanol–water partition coefficient (Wildman–Crippen LogP) is 4.87. The van der Waals surface area contributed by atoms with Gasteiger partial charge in [-0.1, -0.05) is 30.3 Å². The quantitative estimate of drug-likeness (QED) is 0.335. The van der Waals surface area contributed by atoms with Gasteiger partial charge in [-0.15, -0.1) is 0 Å². The monoisotopic (exact) mass is 613 g/mol. The molecule has 0 aliphatic carbocycles. The maximum Gasteiger partial charge on any atom is 0.336 e. The van der Waals surface area contributed by atoms with Crippen LogP contribution in [0.15, 0.2) is 78.0 Å². The first-order chi connectivity index (χ1) is 21.8. The van der Waals surface area contributed by atoms with Gasteiger partial charge in [-0.3, -0.25) is 14.5 Å². The molecule has 0 N–H and O–H groups in total. The molecule has 3 aliphatic rings. The molecule has 0 aromatic heterocycles. The Kier molecular flexibility index (Phi) is 8.84. The SMILES string of the molecule is CCOC(=O)C1=C(C)N(Cc2cccc(C(=O)N3CCN(Cc4ccc5c(c4)OCO5)CC3)c2)C(=O)CC1c1ccc(F)cc1. The second-order valence-corrected chi connectivity index (χ2v) is 11.5. The van der Waals surface area contributed by atoms with Crippen LogP contribution in [-0.2, 0) is 27.4 Å². The van der Waals surface area contributed by atoms with Crippen LogP contribution in [-0.4, -0.2) is 72.1 Å². The Morgan fingerprint density at radius 3 is 2.40 bits per heavy atom. The molecule has 3 aromatic rings. The lowest BCUT2D eigenvalue weighted by Crippen LogP contribution is -2.48. The van der Waals surface area contributed by atoms with Gasteiger partial charge in [-0.05, 0) is 66.9 Å². The number of ether oxygens (including phenoxy) is 3. The van der Waals surface area contributed by atoms with Crippen LogP contribution in [0.3, 0.4) is 0 Å². The van der Waals surface area contributed by atoms with Crippen LogP contribution >= 0.6 is 0 Å². The van der Waals surface area contributed by atoms with Crippen molar-refractivity contribution in [1.82, 2.24) is 14.7 Å². The number of nitrogens with zero attached hydrogens (tertiary/aromatic N) is 3. The van der Waals surface area contributed by atoms with Crippen molar-refractivity contribution in [3.05, 3.63) is 106 Å². The molecule has 9 nitrogen and oxygen atoms in total. The number of rotatable bonds is 8. The van der Waals surface area contributed by atoms with Gasteiger partial charge in [0.05, 0.1) is 18.7 Å². The third-order valence-corrected chi connectivity index (χ3v) is 8.61. The third kappa shape index (κ3) is 6.56. The molecule has 1 atom stereocenters. The van der Waals surface area contributed by atoms with Gasteiger partial charge in [0, 0.05) is 56.3 Å². The van der Waals surface area contributed by atoms with Crippen molar-refractivity contribution < 1.29 is 33.0 Å². The van der Waals surface area contributed by atoms with E-state index in [-0.39, 0.29) is 38.2 Å². The zero-order chi connectivity index (χ0) is 31.5. The minimum atomic E-state index is -0.537. The average Bonchev–Trinajstić information content (AvgIpc) is 3.51. The average molecular weight is 614 g/mol. The molecule has 0 radical (unpaired) electrons. The highest BCUT2D eigenvalue weighted by Crippen LogP contribution is 2.38. The lowest BCUT2D eigenvalue weighted by molar-refractivity contribution is -0.140. The van der Waals surface area contributed by atoms with E-state index in [1.54, 1.807) is 36.9 Å². The highest BCUT2D eigenvalue weighted by atomic mass is 19.1. The van der Waals surface area contributed by atoms with Crippen LogP contribution in [0.25, 0.3) is 0 Å². The number of halogens is 1. The standard InChI is InChI=1S/C35H36FN3O6/c1-3-43-35(42)33-23(2)39(32(40)19-29(33)26-8-10-28(36)11-9-26)21-24-5-4-6-27(17-24)34(41)38-15-13-37(14-16-38)20-25-7-12-30-31(18-25)45-22-44-30/h4-12,17-18,29H,3,13-16,19-22H2,1-2H3. The molecule has 10 heteroatoms. The summed E-state index contributed by atoms with van der Waals surface area (Å²) in [5, 5.41) is 0. The molecule has 3 heterocycles. The molecule has 1 saturated heterocycles. The number of piperazine rings is 1. The Morgan fingerprint density at radius 1 is 0.911 bits per heavy atom. The van der Waals surface area contributed by atoms with Crippen LogP contribution < -0.4 is 9.47 Å². The lowest BCUT2D eigenvalue weighted by Gasteiger charge is -2.35. The van der Waals surface area contributed by atoms with Crippen LogP contribution in [0.5, 0.6) is 11.5 Å². The number of fused-ring (bicyclic) bond motifs is 1. The Hall–Kier alpha value is -4.70. The zero-order valence-electron chi connectivity index (χ0n) is 25.5. The van der Waals surface area contributed by atoms with Crippen LogP contribution in [0.4, 0.5) is 4.39 Å². The summed E-state index contributed by atoms with van der Waals surface area (Å²) in [6.45, 7) is 7.58. The van der Waals surface area contributed by atoms with Crippen molar-refractivity contribution in [3.8, 4) is 11.5 Å². The van der Waals surface area contributed by atoms with E-state index in [2.05, 4.69) is 4.90 Å². The summed E-state index contributed by atoms with van der Waals surface area (Å²) in [6, 6.07) is 19.1. The largest absolute Gasteiger partial charge is 0.463 e. The first kappa shape index (κ1) is 30.3. The molecule has 1 fully saturated rings. The van der Waals surface area contributed by atoms with Gasteiger partial charge < -0.3 is 24.0 Å². The lowest BCUT2D eigenvalue weighted by atomic mass is 9.83. The van der Waals surface area contributed by atoms with E-state index < -0.39 is 17.7 Å². The van der Waals surface area contributed by atoms with Gasteiger partial charge in [-0.2, -0.15) is 0 Å². The number of esters is 1. The molecular formula is C35H36FN3O6. The van der Waals surface area contributed by atoms with E-state index >= 15 is 0 Å². The minimum absolute atomic E-state index is 0.0479. The molecule has 0 saturated carbocycles. The van der Waals surface area contributed by atoms with Crippen molar-refractivity contribution in [2.45, 2.75) is 39.3 Å². The number of carbonyl (C=O) groups is 3. The van der Waals surface area contributed by atoms with Crippen molar-refractivity contribution in [2.24, 2.45) is 0 Å². The summed E-state index contributed by atoms with van der Waals surface area (Å²) in [5.41, 5.74) is 4.02. The first-order valence-electron chi connectivity index (χ1n) is 15.2. The Bertz CT molecular complexity index is 1630. The number of benzene rings is 3. The second-order valence-electron chi connectivity index (χ2n) is 11.5. The van der Waals surface area contributed by atoms with Gasteiger partial charge in [0.1, 0.15) is 5.82 Å². The maximum atomic E-state index is 13.6. The molecule has 1 unspecified atom stereocenters. The number of amides is 2. The summed E-state index contributed by atoms with van der Waals surface area (Å²) < 4.78 is 29.9. The van der Waals surface area contributed by atoms with Crippen LogP contribution in [0.2, 0.25) is 0 Å². The van der Waals surface area contributed by atoms with E-state index in [4.69, 9.17) is 14.2 Å². The van der Waals surface area contributed by atoms with Crippen molar-refractivity contribution >= 4 is 17.8 Å². The molecule has 3 aliphatic heterocycles. The first-order valence-corrected chi connectivity index (χ1v) is 15.2. The highest BCUT2D eigenvalue weighted by molar-refractivity contribution is 5.96. The fourth-order valence-corrected chi connectivity index (χ4v) is 6.23. The van der Waals surface area contributed by atoms with Crippen LogP contribution in [0.1, 0.15) is 53.2 Å². The van der Waals surface area contributed by atoms with Gasteiger partial charge in [0.15, 0.2) is 11.5 Å². The number of carbonyl (C=O) groups excluding carboxylic acids is 3. The molecule has 6 rings (SSSR count). The Morgan fingerprint density at radius 2 is 1.64 bits per heavy atom. The van der Waals surface area contributed by atoms with E-state index in [0.717, 1.165) is 42.3 Å². The summed E-state index contributed by atoms with van der Waals surface area (Å²) in [6.07, 6.45) is 0.0479. The highest BCUT2D eigenvalue weighted by Gasteiger charge is 2.37. The normalized spacial score (nSPS) is 18.4. The summed E-state index contributed by atoms with van der Waals surface area (Å²) >= 11 is 0. The van der Waals surface area contributed by atoms with Gasteiger partial charge in [0.2, 0.25) is 12.7 Å².